The van der Waals surface area contributed by atoms with Crippen LogP contribution in [0.15, 0.2) is 41.6 Å². The molecule has 1 aromatic carbocycles. The molecule has 0 amide bonds. The van der Waals surface area contributed by atoms with Crippen molar-refractivity contribution in [3.8, 4) is 5.75 Å². The summed E-state index contributed by atoms with van der Waals surface area (Å²) in [5.74, 6) is 0.380. The summed E-state index contributed by atoms with van der Waals surface area (Å²) in [6, 6.07) is 7.29. The molecular weight excluding hydrogens is 284 g/mol. The highest BCUT2D eigenvalue weighted by atomic mass is 35.5. The highest BCUT2D eigenvalue weighted by Gasteiger charge is 2.04. The third kappa shape index (κ3) is 3.42. The number of hydrazone groups is 1. The molecule has 0 radical (unpaired) electrons. The van der Waals surface area contributed by atoms with E-state index >= 15 is 0 Å². The van der Waals surface area contributed by atoms with Crippen LogP contribution in [0.5, 0.6) is 5.75 Å². The summed E-state index contributed by atoms with van der Waals surface area (Å²) in [6.07, 6.45) is 2.49. The number of benzene rings is 1. The van der Waals surface area contributed by atoms with Crippen molar-refractivity contribution in [2.24, 2.45) is 5.10 Å². The molecular formula is C12H9ClN4O3. The van der Waals surface area contributed by atoms with Gasteiger partial charge in [-0.2, -0.15) is 5.10 Å². The molecule has 2 N–H and O–H groups in total. The lowest BCUT2D eigenvalue weighted by atomic mass is 10.2. The Morgan fingerprint density at radius 1 is 1.40 bits per heavy atom. The number of aromatic nitrogens is 1. The highest BCUT2D eigenvalue weighted by molar-refractivity contribution is 6.30. The van der Waals surface area contributed by atoms with Gasteiger partial charge in [-0.05, 0) is 24.3 Å². The van der Waals surface area contributed by atoms with E-state index in [0.29, 0.717) is 16.4 Å². The largest absolute Gasteiger partial charge is 0.507 e. The SMILES string of the molecule is O=[N+]([O-])c1ccc(N/N=C/c2cc(Cl)ccc2O)nc1. The van der Waals surface area contributed by atoms with Crippen molar-refractivity contribution in [1.82, 2.24) is 4.98 Å². The Balaban J connectivity index is 2.06. The van der Waals surface area contributed by atoms with Crippen LogP contribution in [0.1, 0.15) is 5.56 Å². The Bertz CT molecular complexity index is 658. The third-order valence-electron chi connectivity index (χ3n) is 2.33. The number of hydrogen-bond donors (Lipinski definition) is 2. The van der Waals surface area contributed by atoms with Gasteiger partial charge >= 0.3 is 0 Å². The number of anilines is 1. The average Bonchev–Trinajstić information content (AvgIpc) is 2.43. The summed E-state index contributed by atoms with van der Waals surface area (Å²) in [4.78, 5) is 13.7. The second kappa shape index (κ2) is 5.98. The lowest BCUT2D eigenvalue weighted by molar-refractivity contribution is -0.385. The van der Waals surface area contributed by atoms with Crippen molar-refractivity contribution in [1.29, 1.82) is 0 Å². The second-order valence-corrected chi connectivity index (χ2v) is 4.17. The van der Waals surface area contributed by atoms with Crippen LogP contribution in [0, 0.1) is 10.1 Å². The molecule has 0 spiro atoms. The van der Waals surface area contributed by atoms with E-state index in [1.54, 1.807) is 12.1 Å². The van der Waals surface area contributed by atoms with E-state index in [1.165, 1.54) is 24.4 Å². The fourth-order valence-electron chi connectivity index (χ4n) is 1.36. The number of halogens is 1. The van der Waals surface area contributed by atoms with Gasteiger partial charge in [-0.15, -0.1) is 0 Å². The lowest BCUT2D eigenvalue weighted by Crippen LogP contribution is -1.95. The Morgan fingerprint density at radius 2 is 2.20 bits per heavy atom. The standard InChI is InChI=1S/C12H9ClN4O3/c13-9-1-3-11(18)8(5-9)6-15-16-12-4-2-10(7-14-12)17(19)20/h1-7,18H,(H,14,16)/b15-6+. The lowest BCUT2D eigenvalue weighted by Gasteiger charge is -2.00. The molecule has 20 heavy (non-hydrogen) atoms. The average molecular weight is 293 g/mol. The molecule has 0 aliphatic heterocycles. The van der Waals surface area contributed by atoms with Gasteiger partial charge in [0.1, 0.15) is 17.8 Å². The molecule has 102 valence electrons. The summed E-state index contributed by atoms with van der Waals surface area (Å²) in [5, 5.41) is 24.3. The maximum absolute atomic E-state index is 10.5. The Hall–Kier alpha value is -2.67. The fraction of sp³-hybridized carbons (Fsp3) is 0. The van der Waals surface area contributed by atoms with Crippen LogP contribution in [0.3, 0.4) is 0 Å². The first-order valence-corrected chi connectivity index (χ1v) is 5.82. The molecule has 1 aromatic heterocycles. The normalized spacial score (nSPS) is 10.7. The predicted molar refractivity (Wildman–Crippen MR) is 75.2 cm³/mol. The zero-order chi connectivity index (χ0) is 14.5. The minimum Gasteiger partial charge on any atom is -0.507 e. The molecule has 0 saturated heterocycles. The zero-order valence-corrected chi connectivity index (χ0v) is 10.8. The maximum atomic E-state index is 10.5. The monoisotopic (exact) mass is 292 g/mol. The van der Waals surface area contributed by atoms with Crippen LogP contribution in [-0.2, 0) is 0 Å². The molecule has 0 aliphatic carbocycles. The van der Waals surface area contributed by atoms with Gasteiger partial charge in [-0.3, -0.25) is 15.5 Å². The number of pyridine rings is 1. The smallest absolute Gasteiger partial charge is 0.287 e. The van der Waals surface area contributed by atoms with Crippen molar-refractivity contribution in [2.45, 2.75) is 0 Å². The van der Waals surface area contributed by atoms with Crippen LogP contribution in [0.25, 0.3) is 0 Å². The van der Waals surface area contributed by atoms with E-state index in [9.17, 15) is 15.2 Å². The molecule has 2 aromatic rings. The van der Waals surface area contributed by atoms with Crippen LogP contribution in [-0.4, -0.2) is 21.2 Å². The van der Waals surface area contributed by atoms with Crippen LogP contribution >= 0.6 is 11.6 Å². The van der Waals surface area contributed by atoms with E-state index < -0.39 is 4.92 Å². The van der Waals surface area contributed by atoms with Crippen LogP contribution < -0.4 is 5.43 Å². The molecule has 0 aliphatic rings. The van der Waals surface area contributed by atoms with Gasteiger partial charge in [0.25, 0.3) is 5.69 Å². The Morgan fingerprint density at radius 3 is 2.85 bits per heavy atom. The number of rotatable bonds is 4. The minimum absolute atomic E-state index is 0.0385. The van der Waals surface area contributed by atoms with Gasteiger partial charge in [-0.1, -0.05) is 11.6 Å². The molecule has 7 nitrogen and oxygen atoms in total. The van der Waals surface area contributed by atoms with E-state index in [2.05, 4.69) is 15.5 Å². The van der Waals surface area contributed by atoms with Crippen LogP contribution in [0.2, 0.25) is 5.02 Å². The van der Waals surface area contributed by atoms with Crippen molar-refractivity contribution in [2.75, 3.05) is 5.43 Å². The molecule has 0 saturated carbocycles. The Kier molecular flexibility index (Phi) is 4.11. The van der Waals surface area contributed by atoms with Gasteiger partial charge < -0.3 is 5.11 Å². The van der Waals surface area contributed by atoms with Gasteiger partial charge in [0.05, 0.1) is 11.1 Å². The van der Waals surface area contributed by atoms with Gasteiger partial charge in [0.2, 0.25) is 0 Å². The number of nitro groups is 1. The molecule has 0 fully saturated rings. The van der Waals surface area contributed by atoms with Gasteiger partial charge in [0, 0.05) is 16.7 Å². The molecule has 1 heterocycles. The fourth-order valence-corrected chi connectivity index (χ4v) is 1.54. The zero-order valence-electron chi connectivity index (χ0n) is 10.0. The van der Waals surface area contributed by atoms with Gasteiger partial charge in [0.15, 0.2) is 0 Å². The first kappa shape index (κ1) is 13.8. The number of aromatic hydroxyl groups is 1. The van der Waals surface area contributed by atoms with Crippen LogP contribution in [0.4, 0.5) is 11.5 Å². The second-order valence-electron chi connectivity index (χ2n) is 3.73. The molecule has 2 rings (SSSR count). The molecule has 0 bridgehead atoms. The first-order valence-electron chi connectivity index (χ1n) is 5.44. The molecule has 8 heteroatoms. The number of nitrogens with zero attached hydrogens (tertiary/aromatic N) is 3. The Labute approximate surface area is 118 Å². The predicted octanol–water partition coefficient (Wildman–Crippen LogP) is 2.79. The topological polar surface area (TPSA) is 101 Å². The van der Waals surface area contributed by atoms with E-state index in [0.717, 1.165) is 6.20 Å². The quantitative estimate of drug-likeness (QED) is 0.512. The van der Waals surface area contributed by atoms with E-state index in [1.807, 2.05) is 0 Å². The number of hydrogen-bond acceptors (Lipinski definition) is 6. The summed E-state index contributed by atoms with van der Waals surface area (Å²) in [6.45, 7) is 0. The number of phenols is 1. The summed E-state index contributed by atoms with van der Waals surface area (Å²) >= 11 is 5.79. The maximum Gasteiger partial charge on any atom is 0.287 e. The summed E-state index contributed by atoms with van der Waals surface area (Å²) in [5.41, 5.74) is 2.92. The summed E-state index contributed by atoms with van der Waals surface area (Å²) < 4.78 is 0. The van der Waals surface area contributed by atoms with E-state index in [4.69, 9.17) is 11.6 Å². The summed E-state index contributed by atoms with van der Waals surface area (Å²) in [7, 11) is 0. The van der Waals surface area contributed by atoms with Crippen molar-refractivity contribution >= 4 is 29.3 Å². The number of nitrogens with one attached hydrogen (secondary N) is 1. The number of phenolic OH excluding ortho intramolecular Hbond substituents is 1. The minimum atomic E-state index is -0.538. The van der Waals surface area contributed by atoms with Crippen molar-refractivity contribution in [3.63, 3.8) is 0 Å². The third-order valence-corrected chi connectivity index (χ3v) is 2.57. The van der Waals surface area contributed by atoms with Crippen molar-refractivity contribution in [3.05, 3.63) is 57.2 Å². The first-order chi connectivity index (χ1) is 9.56. The van der Waals surface area contributed by atoms with E-state index in [-0.39, 0.29) is 11.4 Å². The van der Waals surface area contributed by atoms with Gasteiger partial charge in [-0.25, -0.2) is 4.98 Å². The van der Waals surface area contributed by atoms with Crippen molar-refractivity contribution < 1.29 is 10.0 Å². The molecule has 0 atom stereocenters. The molecule has 0 unspecified atom stereocenters. The highest BCUT2D eigenvalue weighted by Crippen LogP contribution is 2.19.